The van der Waals surface area contributed by atoms with Crippen LogP contribution in [0.4, 0.5) is 5.69 Å². The molecule has 2 amide bonds. The first-order valence-electron chi connectivity index (χ1n) is 7.45. The number of nitrogen functional groups attached to an aromatic ring is 1. The molecule has 114 valence electrons. The third-order valence-electron chi connectivity index (χ3n) is 4.01. The number of carbonyl (C=O) groups excluding carboxylic acids is 2. The molecule has 0 bridgehead atoms. The second kappa shape index (κ2) is 7.11. The summed E-state index contributed by atoms with van der Waals surface area (Å²) >= 11 is 0. The molecule has 5 nitrogen and oxygen atoms in total. The minimum absolute atomic E-state index is 0.142. The van der Waals surface area contributed by atoms with Crippen molar-refractivity contribution in [2.75, 3.05) is 18.8 Å². The summed E-state index contributed by atoms with van der Waals surface area (Å²) < 4.78 is 0. The molecule has 21 heavy (non-hydrogen) atoms. The lowest BCUT2D eigenvalue weighted by Crippen LogP contribution is -2.40. The lowest BCUT2D eigenvalue weighted by Gasteiger charge is -2.32. The summed E-state index contributed by atoms with van der Waals surface area (Å²) in [6, 6.07) is 7.41. The standard InChI is InChI=1S/C16H23N3O2/c17-14-6-3-12(4-7-14)10-16(21)19-9-1-2-13(11-19)5-8-15(18)20/h3-4,6-7,13H,1-2,5,8-11,17H2,(H2,18,20). The van der Waals surface area contributed by atoms with Crippen molar-refractivity contribution in [1.29, 1.82) is 0 Å². The van der Waals surface area contributed by atoms with Crippen molar-refractivity contribution in [1.82, 2.24) is 4.90 Å². The molecule has 0 aromatic heterocycles. The normalized spacial score (nSPS) is 18.5. The number of anilines is 1. The van der Waals surface area contributed by atoms with Gasteiger partial charge in [-0.3, -0.25) is 9.59 Å². The summed E-state index contributed by atoms with van der Waals surface area (Å²) in [4.78, 5) is 25.1. The molecule has 1 unspecified atom stereocenters. The molecule has 1 saturated heterocycles. The highest BCUT2D eigenvalue weighted by Crippen LogP contribution is 2.21. The quantitative estimate of drug-likeness (QED) is 0.801. The predicted octanol–water partition coefficient (Wildman–Crippen LogP) is 1.32. The SMILES string of the molecule is NC(=O)CCC1CCCN(C(=O)Cc2ccc(N)cc2)C1. The van der Waals surface area contributed by atoms with Gasteiger partial charge in [-0.05, 0) is 42.9 Å². The zero-order valence-electron chi connectivity index (χ0n) is 12.3. The van der Waals surface area contributed by atoms with E-state index in [0.29, 0.717) is 24.4 Å². The van der Waals surface area contributed by atoms with Gasteiger partial charge in [0.05, 0.1) is 6.42 Å². The highest BCUT2D eigenvalue weighted by Gasteiger charge is 2.23. The van der Waals surface area contributed by atoms with E-state index < -0.39 is 0 Å². The van der Waals surface area contributed by atoms with Crippen molar-refractivity contribution in [2.24, 2.45) is 11.7 Å². The van der Waals surface area contributed by atoms with Gasteiger partial charge >= 0.3 is 0 Å². The molecule has 1 heterocycles. The minimum Gasteiger partial charge on any atom is -0.399 e. The van der Waals surface area contributed by atoms with E-state index >= 15 is 0 Å². The Balaban J connectivity index is 1.86. The van der Waals surface area contributed by atoms with Gasteiger partial charge in [-0.2, -0.15) is 0 Å². The average Bonchev–Trinajstić information content (AvgIpc) is 2.48. The van der Waals surface area contributed by atoms with E-state index in [1.54, 1.807) is 0 Å². The molecule has 1 atom stereocenters. The topological polar surface area (TPSA) is 89.4 Å². The molecule has 1 aliphatic rings. The number of likely N-dealkylation sites (tertiary alicyclic amines) is 1. The van der Waals surface area contributed by atoms with Crippen molar-refractivity contribution in [3.8, 4) is 0 Å². The summed E-state index contributed by atoms with van der Waals surface area (Å²) in [6.07, 6.45) is 3.66. The maximum atomic E-state index is 12.3. The Kier molecular flexibility index (Phi) is 5.20. The van der Waals surface area contributed by atoms with E-state index in [0.717, 1.165) is 37.9 Å². The van der Waals surface area contributed by atoms with Crippen LogP contribution in [0.1, 0.15) is 31.2 Å². The van der Waals surface area contributed by atoms with Gasteiger partial charge in [0.2, 0.25) is 11.8 Å². The minimum atomic E-state index is -0.264. The van der Waals surface area contributed by atoms with Crippen LogP contribution in [0.5, 0.6) is 0 Å². The molecule has 0 radical (unpaired) electrons. The summed E-state index contributed by atoms with van der Waals surface area (Å²) in [6.45, 7) is 1.54. The van der Waals surface area contributed by atoms with Crippen LogP contribution >= 0.6 is 0 Å². The number of nitrogens with zero attached hydrogens (tertiary/aromatic N) is 1. The highest BCUT2D eigenvalue weighted by atomic mass is 16.2. The van der Waals surface area contributed by atoms with Gasteiger partial charge in [-0.1, -0.05) is 12.1 Å². The molecule has 1 aromatic rings. The molecule has 0 aliphatic carbocycles. The van der Waals surface area contributed by atoms with Gasteiger partial charge in [-0.15, -0.1) is 0 Å². The van der Waals surface area contributed by atoms with Crippen LogP contribution < -0.4 is 11.5 Å². The number of rotatable bonds is 5. The van der Waals surface area contributed by atoms with E-state index in [1.807, 2.05) is 29.2 Å². The largest absolute Gasteiger partial charge is 0.399 e. The highest BCUT2D eigenvalue weighted by molar-refractivity contribution is 5.79. The Morgan fingerprint density at radius 3 is 2.62 bits per heavy atom. The summed E-state index contributed by atoms with van der Waals surface area (Å²) in [7, 11) is 0. The lowest BCUT2D eigenvalue weighted by molar-refractivity contribution is -0.132. The maximum Gasteiger partial charge on any atom is 0.226 e. The van der Waals surface area contributed by atoms with Crippen LogP contribution in [0.2, 0.25) is 0 Å². The predicted molar refractivity (Wildman–Crippen MR) is 82.3 cm³/mol. The zero-order chi connectivity index (χ0) is 15.2. The first kappa shape index (κ1) is 15.4. The summed E-state index contributed by atoms with van der Waals surface area (Å²) in [5, 5.41) is 0. The van der Waals surface area contributed by atoms with Crippen LogP contribution in [-0.4, -0.2) is 29.8 Å². The monoisotopic (exact) mass is 289 g/mol. The number of nitrogens with two attached hydrogens (primary N) is 2. The molecule has 1 aromatic carbocycles. The first-order chi connectivity index (χ1) is 10.0. The molecular weight excluding hydrogens is 266 g/mol. The van der Waals surface area contributed by atoms with E-state index in [1.165, 1.54) is 0 Å². The van der Waals surface area contributed by atoms with Gasteiger partial charge in [0.25, 0.3) is 0 Å². The number of benzene rings is 1. The van der Waals surface area contributed by atoms with Gasteiger partial charge in [0, 0.05) is 25.2 Å². The van der Waals surface area contributed by atoms with E-state index in [-0.39, 0.29) is 11.8 Å². The van der Waals surface area contributed by atoms with Crippen LogP contribution in [0, 0.1) is 5.92 Å². The molecule has 0 spiro atoms. The third-order valence-corrected chi connectivity index (χ3v) is 4.01. The Hall–Kier alpha value is -2.04. The van der Waals surface area contributed by atoms with Crippen molar-refractivity contribution >= 4 is 17.5 Å². The van der Waals surface area contributed by atoms with Gasteiger partial charge in [0.1, 0.15) is 0 Å². The van der Waals surface area contributed by atoms with E-state index in [4.69, 9.17) is 11.5 Å². The summed E-state index contributed by atoms with van der Waals surface area (Å²) in [5.74, 6) is 0.269. The number of piperidine rings is 1. The average molecular weight is 289 g/mol. The van der Waals surface area contributed by atoms with E-state index in [9.17, 15) is 9.59 Å². The van der Waals surface area contributed by atoms with Crippen molar-refractivity contribution in [3.05, 3.63) is 29.8 Å². The van der Waals surface area contributed by atoms with Crippen LogP contribution in [0.3, 0.4) is 0 Å². The molecule has 4 N–H and O–H groups in total. The molecule has 0 saturated carbocycles. The fraction of sp³-hybridized carbons (Fsp3) is 0.500. The third kappa shape index (κ3) is 4.77. The van der Waals surface area contributed by atoms with Gasteiger partial charge < -0.3 is 16.4 Å². The second-order valence-corrected chi connectivity index (χ2v) is 5.77. The molecular formula is C16H23N3O2. The molecule has 5 heteroatoms. The Bertz CT molecular complexity index is 499. The molecule has 2 rings (SSSR count). The number of amides is 2. The lowest BCUT2D eigenvalue weighted by atomic mass is 9.93. The summed E-state index contributed by atoms with van der Waals surface area (Å²) in [5.41, 5.74) is 12.5. The molecule has 1 aliphatic heterocycles. The van der Waals surface area contributed by atoms with Crippen molar-refractivity contribution < 1.29 is 9.59 Å². The van der Waals surface area contributed by atoms with E-state index in [2.05, 4.69) is 0 Å². The van der Waals surface area contributed by atoms with Gasteiger partial charge in [0.15, 0.2) is 0 Å². The van der Waals surface area contributed by atoms with Crippen LogP contribution in [0.25, 0.3) is 0 Å². The Morgan fingerprint density at radius 2 is 1.95 bits per heavy atom. The van der Waals surface area contributed by atoms with Gasteiger partial charge in [-0.25, -0.2) is 0 Å². The van der Waals surface area contributed by atoms with Crippen molar-refractivity contribution in [2.45, 2.75) is 32.1 Å². The Morgan fingerprint density at radius 1 is 1.24 bits per heavy atom. The fourth-order valence-electron chi connectivity index (χ4n) is 2.80. The van der Waals surface area contributed by atoms with Crippen LogP contribution in [0.15, 0.2) is 24.3 Å². The van der Waals surface area contributed by atoms with Crippen LogP contribution in [-0.2, 0) is 16.0 Å². The second-order valence-electron chi connectivity index (χ2n) is 5.77. The number of hydrogen-bond donors (Lipinski definition) is 2. The number of primary amides is 1. The maximum absolute atomic E-state index is 12.3. The van der Waals surface area contributed by atoms with Crippen molar-refractivity contribution in [3.63, 3.8) is 0 Å². The number of hydrogen-bond acceptors (Lipinski definition) is 3. The Labute approximate surface area is 125 Å². The fourth-order valence-corrected chi connectivity index (χ4v) is 2.80. The first-order valence-corrected chi connectivity index (χ1v) is 7.45. The zero-order valence-corrected chi connectivity index (χ0v) is 12.3. The number of carbonyl (C=O) groups is 2. The molecule has 1 fully saturated rings. The smallest absolute Gasteiger partial charge is 0.226 e.